The van der Waals surface area contributed by atoms with Crippen LogP contribution in [0.3, 0.4) is 0 Å². The van der Waals surface area contributed by atoms with Crippen LogP contribution < -0.4 is 5.73 Å². The molecule has 0 amide bonds. The summed E-state index contributed by atoms with van der Waals surface area (Å²) in [5.74, 6) is 0.642. The Kier molecular flexibility index (Phi) is 3.50. The summed E-state index contributed by atoms with van der Waals surface area (Å²) in [4.78, 5) is 4.35. The SMILES string of the molecule is CCc1c(C)nn(-c2cccc(C(N)=NO)n2)c1C. The lowest BCUT2D eigenvalue weighted by Gasteiger charge is -2.05. The number of nitrogens with two attached hydrogens (primary N) is 1. The van der Waals surface area contributed by atoms with Crippen molar-refractivity contribution in [2.45, 2.75) is 27.2 Å². The van der Waals surface area contributed by atoms with E-state index in [0.717, 1.165) is 17.8 Å². The minimum atomic E-state index is -0.0147. The maximum absolute atomic E-state index is 8.69. The molecule has 3 N–H and O–H groups in total. The van der Waals surface area contributed by atoms with E-state index in [9.17, 15) is 0 Å². The number of pyridine rings is 1. The summed E-state index contributed by atoms with van der Waals surface area (Å²) >= 11 is 0. The molecule has 0 spiro atoms. The fourth-order valence-corrected chi connectivity index (χ4v) is 2.14. The number of aryl methyl sites for hydroxylation is 1. The molecule has 0 atom stereocenters. The predicted octanol–water partition coefficient (Wildman–Crippen LogP) is 1.54. The maximum Gasteiger partial charge on any atom is 0.188 e. The Hall–Kier alpha value is -2.37. The summed E-state index contributed by atoms with van der Waals surface area (Å²) < 4.78 is 1.78. The predicted molar refractivity (Wildman–Crippen MR) is 72.7 cm³/mol. The molecule has 0 radical (unpaired) electrons. The molecule has 100 valence electrons. The summed E-state index contributed by atoms with van der Waals surface area (Å²) in [6, 6.07) is 5.33. The van der Waals surface area contributed by atoms with Crippen LogP contribution in [-0.4, -0.2) is 25.8 Å². The van der Waals surface area contributed by atoms with Gasteiger partial charge in [-0.3, -0.25) is 0 Å². The van der Waals surface area contributed by atoms with Crippen molar-refractivity contribution in [1.29, 1.82) is 0 Å². The molecule has 2 heterocycles. The van der Waals surface area contributed by atoms with Gasteiger partial charge in [-0.15, -0.1) is 0 Å². The molecular formula is C13H17N5O. The molecule has 19 heavy (non-hydrogen) atoms. The van der Waals surface area contributed by atoms with Gasteiger partial charge in [0, 0.05) is 5.69 Å². The average molecular weight is 259 g/mol. The highest BCUT2D eigenvalue weighted by atomic mass is 16.4. The Morgan fingerprint density at radius 1 is 1.42 bits per heavy atom. The van der Waals surface area contributed by atoms with Gasteiger partial charge in [-0.05, 0) is 38.0 Å². The molecule has 0 bridgehead atoms. The standard InChI is InChI=1S/C13H17N5O/c1-4-10-8(2)16-18(9(10)3)12-7-5-6-11(15-12)13(14)17-19/h5-7,19H,4H2,1-3H3,(H2,14,17). The van der Waals surface area contributed by atoms with Crippen LogP contribution in [0, 0.1) is 13.8 Å². The van der Waals surface area contributed by atoms with Crippen LogP contribution in [0.5, 0.6) is 0 Å². The molecule has 2 aromatic rings. The van der Waals surface area contributed by atoms with E-state index in [1.165, 1.54) is 5.56 Å². The Bertz CT molecular complexity index is 630. The molecule has 6 nitrogen and oxygen atoms in total. The molecule has 2 rings (SSSR count). The van der Waals surface area contributed by atoms with Crippen LogP contribution in [0.2, 0.25) is 0 Å². The Morgan fingerprint density at radius 2 is 2.16 bits per heavy atom. The fraction of sp³-hybridized carbons (Fsp3) is 0.308. The second kappa shape index (κ2) is 5.09. The van der Waals surface area contributed by atoms with E-state index in [1.807, 2.05) is 19.9 Å². The molecule has 0 unspecified atom stereocenters. The Labute approximate surface area is 111 Å². The second-order valence-electron chi connectivity index (χ2n) is 4.28. The van der Waals surface area contributed by atoms with Crippen LogP contribution in [0.4, 0.5) is 0 Å². The highest BCUT2D eigenvalue weighted by Crippen LogP contribution is 2.17. The molecule has 0 aliphatic heterocycles. The quantitative estimate of drug-likeness (QED) is 0.379. The van der Waals surface area contributed by atoms with E-state index in [2.05, 4.69) is 22.2 Å². The van der Waals surface area contributed by atoms with Gasteiger partial charge in [0.1, 0.15) is 5.69 Å². The first-order valence-corrected chi connectivity index (χ1v) is 6.08. The second-order valence-corrected chi connectivity index (χ2v) is 4.28. The topological polar surface area (TPSA) is 89.3 Å². The highest BCUT2D eigenvalue weighted by molar-refractivity contribution is 5.95. The van der Waals surface area contributed by atoms with Gasteiger partial charge in [0.05, 0.1) is 5.69 Å². The molecule has 0 saturated heterocycles. The van der Waals surface area contributed by atoms with Gasteiger partial charge in [0.2, 0.25) is 0 Å². The third-order valence-electron chi connectivity index (χ3n) is 3.12. The number of hydrogen-bond acceptors (Lipinski definition) is 4. The van der Waals surface area contributed by atoms with E-state index >= 15 is 0 Å². The number of nitrogens with zero attached hydrogens (tertiary/aromatic N) is 4. The van der Waals surface area contributed by atoms with Gasteiger partial charge in [-0.25, -0.2) is 9.67 Å². The lowest BCUT2D eigenvalue weighted by molar-refractivity contribution is 0.318. The van der Waals surface area contributed by atoms with Crippen molar-refractivity contribution in [1.82, 2.24) is 14.8 Å². The number of hydrogen-bond donors (Lipinski definition) is 2. The Balaban J connectivity index is 2.54. The fourth-order valence-electron chi connectivity index (χ4n) is 2.14. The van der Waals surface area contributed by atoms with Gasteiger partial charge < -0.3 is 10.9 Å². The highest BCUT2D eigenvalue weighted by Gasteiger charge is 2.12. The van der Waals surface area contributed by atoms with Crippen LogP contribution >= 0.6 is 0 Å². The van der Waals surface area contributed by atoms with E-state index in [1.54, 1.807) is 16.8 Å². The van der Waals surface area contributed by atoms with E-state index in [0.29, 0.717) is 11.5 Å². The summed E-state index contributed by atoms with van der Waals surface area (Å²) in [6.07, 6.45) is 0.928. The smallest absolute Gasteiger partial charge is 0.188 e. The monoisotopic (exact) mass is 259 g/mol. The van der Waals surface area contributed by atoms with Crippen LogP contribution in [0.25, 0.3) is 5.82 Å². The number of aromatic nitrogens is 3. The van der Waals surface area contributed by atoms with Crippen LogP contribution in [0.1, 0.15) is 29.6 Å². The third-order valence-corrected chi connectivity index (χ3v) is 3.12. The third kappa shape index (κ3) is 2.29. The zero-order valence-corrected chi connectivity index (χ0v) is 11.3. The molecule has 2 aromatic heterocycles. The Morgan fingerprint density at radius 3 is 2.74 bits per heavy atom. The van der Waals surface area contributed by atoms with Crippen molar-refractivity contribution in [2.24, 2.45) is 10.9 Å². The summed E-state index contributed by atoms with van der Waals surface area (Å²) in [7, 11) is 0. The number of amidine groups is 1. The molecule has 0 aliphatic carbocycles. The minimum absolute atomic E-state index is 0.0147. The summed E-state index contributed by atoms with van der Waals surface area (Å²) in [5.41, 5.74) is 9.24. The lowest BCUT2D eigenvalue weighted by Crippen LogP contribution is -2.16. The van der Waals surface area contributed by atoms with Crippen LogP contribution in [-0.2, 0) is 6.42 Å². The number of oxime groups is 1. The molecular weight excluding hydrogens is 242 g/mol. The molecule has 0 saturated carbocycles. The van der Waals surface area contributed by atoms with Gasteiger partial charge in [-0.2, -0.15) is 5.10 Å². The van der Waals surface area contributed by atoms with Crippen molar-refractivity contribution < 1.29 is 5.21 Å². The van der Waals surface area contributed by atoms with Crippen molar-refractivity contribution in [3.63, 3.8) is 0 Å². The maximum atomic E-state index is 8.69. The summed E-state index contributed by atoms with van der Waals surface area (Å²) in [6.45, 7) is 6.09. The first-order chi connectivity index (χ1) is 9.08. The summed E-state index contributed by atoms with van der Waals surface area (Å²) in [5, 5.41) is 16.1. The van der Waals surface area contributed by atoms with Gasteiger partial charge in [-0.1, -0.05) is 18.1 Å². The van der Waals surface area contributed by atoms with Crippen molar-refractivity contribution in [3.05, 3.63) is 40.8 Å². The van der Waals surface area contributed by atoms with Crippen molar-refractivity contribution in [3.8, 4) is 5.82 Å². The van der Waals surface area contributed by atoms with Gasteiger partial charge >= 0.3 is 0 Å². The van der Waals surface area contributed by atoms with Gasteiger partial charge in [0.25, 0.3) is 0 Å². The van der Waals surface area contributed by atoms with Crippen molar-refractivity contribution in [2.75, 3.05) is 0 Å². The van der Waals surface area contributed by atoms with E-state index in [4.69, 9.17) is 10.9 Å². The zero-order valence-electron chi connectivity index (χ0n) is 11.3. The van der Waals surface area contributed by atoms with E-state index < -0.39 is 0 Å². The number of rotatable bonds is 3. The van der Waals surface area contributed by atoms with Crippen LogP contribution in [0.15, 0.2) is 23.4 Å². The average Bonchev–Trinajstić information content (AvgIpc) is 2.72. The van der Waals surface area contributed by atoms with Gasteiger partial charge in [0.15, 0.2) is 11.7 Å². The van der Waals surface area contributed by atoms with E-state index in [-0.39, 0.29) is 5.84 Å². The molecule has 0 aromatic carbocycles. The molecule has 0 fully saturated rings. The normalized spacial score (nSPS) is 11.8. The zero-order chi connectivity index (χ0) is 14.0. The first kappa shape index (κ1) is 13.1. The van der Waals surface area contributed by atoms with Crippen molar-refractivity contribution >= 4 is 5.84 Å². The first-order valence-electron chi connectivity index (χ1n) is 6.08. The molecule has 6 heteroatoms. The lowest BCUT2D eigenvalue weighted by atomic mass is 10.1. The minimum Gasteiger partial charge on any atom is -0.409 e. The largest absolute Gasteiger partial charge is 0.409 e. The molecule has 0 aliphatic rings.